The van der Waals surface area contributed by atoms with E-state index < -0.39 is 0 Å². The monoisotopic (exact) mass is 298 g/mol. The smallest absolute Gasteiger partial charge is 0.133 e. The highest BCUT2D eigenvalue weighted by molar-refractivity contribution is 5.48. The van der Waals surface area contributed by atoms with E-state index >= 15 is 0 Å². The van der Waals surface area contributed by atoms with Crippen molar-refractivity contribution < 1.29 is 5.11 Å². The topological polar surface area (TPSA) is 70.1 Å². The second-order valence-corrected chi connectivity index (χ2v) is 5.62. The van der Waals surface area contributed by atoms with E-state index in [9.17, 15) is 0 Å². The van der Waals surface area contributed by atoms with Crippen LogP contribution in [0, 0.1) is 6.92 Å². The summed E-state index contributed by atoms with van der Waals surface area (Å²) in [4.78, 5) is 9.18. The van der Waals surface area contributed by atoms with Gasteiger partial charge in [0.15, 0.2) is 0 Å². The number of aromatic nitrogens is 2. The fourth-order valence-corrected chi connectivity index (χ4v) is 2.76. The van der Waals surface area contributed by atoms with Crippen LogP contribution >= 0.6 is 0 Å². The number of aliphatic hydroxyl groups excluding tert-OH is 1. The molecule has 0 saturated heterocycles. The molecular formula is C17H22N4O. The molecule has 0 radical (unpaired) electrons. The standard InChI is InChI=1S/C17H22N4O/c1-12-20-16-7-9-18-8-6-15(16)17(21-12)19-10-13-2-4-14(11-22)5-3-13/h2-5,18,22H,6-11H2,1H3,(H,19,20,21). The first-order chi connectivity index (χ1) is 10.8. The molecule has 5 heteroatoms. The summed E-state index contributed by atoms with van der Waals surface area (Å²) in [5, 5.41) is 15.9. The van der Waals surface area contributed by atoms with Gasteiger partial charge in [-0.1, -0.05) is 24.3 Å². The molecule has 0 fully saturated rings. The molecule has 1 aliphatic heterocycles. The van der Waals surface area contributed by atoms with Crippen molar-refractivity contribution in [1.29, 1.82) is 0 Å². The first-order valence-corrected chi connectivity index (χ1v) is 7.76. The van der Waals surface area contributed by atoms with E-state index in [-0.39, 0.29) is 6.61 Å². The highest BCUT2D eigenvalue weighted by Crippen LogP contribution is 2.20. The third-order valence-electron chi connectivity index (χ3n) is 3.96. The predicted molar refractivity (Wildman–Crippen MR) is 86.7 cm³/mol. The minimum absolute atomic E-state index is 0.0827. The van der Waals surface area contributed by atoms with Gasteiger partial charge in [0.25, 0.3) is 0 Å². The number of aliphatic hydroxyl groups is 1. The fourth-order valence-electron chi connectivity index (χ4n) is 2.76. The number of nitrogens with zero attached hydrogens (tertiary/aromatic N) is 2. The predicted octanol–water partition coefficient (Wildman–Crippen LogP) is 1.58. The number of nitrogens with one attached hydrogen (secondary N) is 2. The van der Waals surface area contributed by atoms with Crippen LogP contribution in [0.4, 0.5) is 5.82 Å². The van der Waals surface area contributed by atoms with Crippen molar-refractivity contribution in [1.82, 2.24) is 15.3 Å². The zero-order valence-corrected chi connectivity index (χ0v) is 12.9. The Balaban J connectivity index is 1.77. The summed E-state index contributed by atoms with van der Waals surface area (Å²) in [7, 11) is 0. The summed E-state index contributed by atoms with van der Waals surface area (Å²) >= 11 is 0. The van der Waals surface area contributed by atoms with Gasteiger partial charge in [0, 0.05) is 25.1 Å². The summed E-state index contributed by atoms with van der Waals surface area (Å²) in [6.45, 7) is 4.70. The van der Waals surface area contributed by atoms with Gasteiger partial charge in [-0.3, -0.25) is 0 Å². The quantitative estimate of drug-likeness (QED) is 0.799. The van der Waals surface area contributed by atoms with Crippen LogP contribution in [0.15, 0.2) is 24.3 Å². The summed E-state index contributed by atoms with van der Waals surface area (Å²) < 4.78 is 0. The molecule has 0 saturated carbocycles. The number of fused-ring (bicyclic) bond motifs is 1. The first-order valence-electron chi connectivity index (χ1n) is 7.76. The zero-order chi connectivity index (χ0) is 15.4. The Bertz CT molecular complexity index is 640. The van der Waals surface area contributed by atoms with E-state index in [1.807, 2.05) is 31.2 Å². The van der Waals surface area contributed by atoms with Crippen LogP contribution < -0.4 is 10.6 Å². The maximum atomic E-state index is 9.09. The molecule has 1 aromatic carbocycles. The van der Waals surface area contributed by atoms with Crippen molar-refractivity contribution >= 4 is 5.82 Å². The van der Waals surface area contributed by atoms with E-state index in [1.54, 1.807) is 0 Å². The van der Waals surface area contributed by atoms with Crippen molar-refractivity contribution in [2.24, 2.45) is 0 Å². The van der Waals surface area contributed by atoms with Gasteiger partial charge in [-0.05, 0) is 31.0 Å². The Morgan fingerprint density at radius 2 is 1.82 bits per heavy atom. The van der Waals surface area contributed by atoms with Crippen molar-refractivity contribution in [2.45, 2.75) is 32.9 Å². The van der Waals surface area contributed by atoms with E-state index in [0.29, 0.717) is 0 Å². The van der Waals surface area contributed by atoms with Crippen molar-refractivity contribution in [3.05, 3.63) is 52.5 Å². The zero-order valence-electron chi connectivity index (χ0n) is 12.9. The van der Waals surface area contributed by atoms with Gasteiger partial charge in [-0.15, -0.1) is 0 Å². The minimum Gasteiger partial charge on any atom is -0.392 e. The Kier molecular flexibility index (Phi) is 4.65. The summed E-state index contributed by atoms with van der Waals surface area (Å²) in [6.07, 6.45) is 1.92. The van der Waals surface area contributed by atoms with Crippen LogP contribution in [0.25, 0.3) is 0 Å². The third-order valence-corrected chi connectivity index (χ3v) is 3.96. The fraction of sp³-hybridized carbons (Fsp3) is 0.412. The molecule has 5 nitrogen and oxygen atoms in total. The molecule has 116 valence electrons. The molecule has 0 aliphatic carbocycles. The molecular weight excluding hydrogens is 276 g/mol. The summed E-state index contributed by atoms with van der Waals surface area (Å²) in [5.74, 6) is 1.77. The van der Waals surface area contributed by atoms with Crippen LogP contribution in [-0.4, -0.2) is 28.2 Å². The van der Waals surface area contributed by atoms with Gasteiger partial charge >= 0.3 is 0 Å². The molecule has 0 spiro atoms. The second kappa shape index (κ2) is 6.85. The van der Waals surface area contributed by atoms with Crippen molar-refractivity contribution in [3.8, 4) is 0 Å². The molecule has 0 amide bonds. The van der Waals surface area contributed by atoms with E-state index in [0.717, 1.165) is 55.4 Å². The molecule has 0 atom stereocenters. The molecule has 0 unspecified atom stereocenters. The van der Waals surface area contributed by atoms with Gasteiger partial charge < -0.3 is 15.7 Å². The average Bonchev–Trinajstić information content (AvgIpc) is 2.78. The van der Waals surface area contributed by atoms with Crippen LogP contribution in [0.1, 0.15) is 28.2 Å². The largest absolute Gasteiger partial charge is 0.392 e. The van der Waals surface area contributed by atoms with Crippen LogP contribution in [0.5, 0.6) is 0 Å². The van der Waals surface area contributed by atoms with Gasteiger partial charge in [-0.2, -0.15) is 0 Å². The lowest BCUT2D eigenvalue weighted by Crippen LogP contribution is -2.16. The van der Waals surface area contributed by atoms with Crippen LogP contribution in [0.2, 0.25) is 0 Å². The maximum absolute atomic E-state index is 9.09. The molecule has 2 aromatic rings. The number of anilines is 1. The summed E-state index contributed by atoms with van der Waals surface area (Å²) in [5.41, 5.74) is 4.51. The van der Waals surface area contributed by atoms with Gasteiger partial charge in [-0.25, -0.2) is 9.97 Å². The number of rotatable bonds is 4. The number of hydrogen-bond donors (Lipinski definition) is 3. The minimum atomic E-state index is 0.0827. The Morgan fingerprint density at radius 3 is 2.59 bits per heavy atom. The summed E-state index contributed by atoms with van der Waals surface area (Å²) in [6, 6.07) is 7.97. The molecule has 1 aromatic heterocycles. The maximum Gasteiger partial charge on any atom is 0.133 e. The number of aryl methyl sites for hydroxylation is 1. The molecule has 0 bridgehead atoms. The lowest BCUT2D eigenvalue weighted by molar-refractivity contribution is 0.282. The number of benzene rings is 1. The second-order valence-electron chi connectivity index (χ2n) is 5.62. The van der Waals surface area contributed by atoms with Crippen LogP contribution in [0.3, 0.4) is 0 Å². The normalized spacial score (nSPS) is 14.3. The third kappa shape index (κ3) is 3.43. The van der Waals surface area contributed by atoms with Gasteiger partial charge in [0.2, 0.25) is 0 Å². The Labute approximate surface area is 130 Å². The van der Waals surface area contributed by atoms with Crippen molar-refractivity contribution in [3.63, 3.8) is 0 Å². The Morgan fingerprint density at radius 1 is 1.09 bits per heavy atom. The van der Waals surface area contributed by atoms with Gasteiger partial charge in [0.05, 0.1) is 12.3 Å². The van der Waals surface area contributed by atoms with Crippen LogP contribution in [-0.2, 0) is 26.0 Å². The lowest BCUT2D eigenvalue weighted by Gasteiger charge is -2.14. The highest BCUT2D eigenvalue weighted by Gasteiger charge is 2.15. The lowest BCUT2D eigenvalue weighted by atomic mass is 10.1. The molecule has 2 heterocycles. The van der Waals surface area contributed by atoms with Crippen molar-refractivity contribution in [2.75, 3.05) is 18.4 Å². The molecule has 3 N–H and O–H groups in total. The van der Waals surface area contributed by atoms with Gasteiger partial charge in [0.1, 0.15) is 11.6 Å². The number of hydrogen-bond acceptors (Lipinski definition) is 5. The van der Waals surface area contributed by atoms with E-state index in [2.05, 4.69) is 20.6 Å². The molecule has 22 heavy (non-hydrogen) atoms. The molecule has 1 aliphatic rings. The Hall–Kier alpha value is -1.98. The average molecular weight is 298 g/mol. The van der Waals surface area contributed by atoms with E-state index in [1.165, 1.54) is 11.1 Å². The highest BCUT2D eigenvalue weighted by atomic mass is 16.3. The molecule has 3 rings (SSSR count). The first kappa shape index (κ1) is 14.9. The SMILES string of the molecule is Cc1nc2c(c(NCc3ccc(CO)cc3)n1)CCNCC2. The van der Waals surface area contributed by atoms with E-state index in [4.69, 9.17) is 5.11 Å².